The molecule has 1 heterocycles. The van der Waals surface area contributed by atoms with Gasteiger partial charge >= 0.3 is 0 Å². The topological polar surface area (TPSA) is 38.0 Å². The van der Waals surface area contributed by atoms with E-state index in [0.717, 1.165) is 6.42 Å². The Morgan fingerprint density at radius 3 is 2.91 bits per heavy atom. The molecule has 0 saturated carbocycles. The largest absolute Gasteiger partial charge is 0.391 e. The molecular formula is C8H14N2O. The molecule has 0 bridgehead atoms. The number of nitrogens with zero attached hydrogens (tertiary/aromatic N) is 2. The number of hydrogen-bond acceptors (Lipinski definition) is 2. The van der Waals surface area contributed by atoms with Crippen molar-refractivity contribution in [3.63, 3.8) is 0 Å². The molecule has 0 fully saturated rings. The predicted molar refractivity (Wildman–Crippen MR) is 43.3 cm³/mol. The van der Waals surface area contributed by atoms with Gasteiger partial charge in [-0.3, -0.25) is 4.68 Å². The normalized spacial score (nSPS) is 13.4. The second kappa shape index (κ2) is 3.53. The van der Waals surface area contributed by atoms with Crippen LogP contribution in [0.25, 0.3) is 0 Å². The molecule has 3 heteroatoms. The first-order valence-corrected chi connectivity index (χ1v) is 3.91. The van der Waals surface area contributed by atoms with E-state index in [1.165, 1.54) is 5.56 Å². The van der Waals surface area contributed by atoms with E-state index in [-0.39, 0.29) is 6.10 Å². The Morgan fingerprint density at radius 1 is 1.73 bits per heavy atom. The third kappa shape index (κ3) is 2.35. The summed E-state index contributed by atoms with van der Waals surface area (Å²) in [5.74, 6) is 0. The highest BCUT2D eigenvalue weighted by atomic mass is 16.3. The van der Waals surface area contributed by atoms with Crippen molar-refractivity contribution in [3.05, 3.63) is 18.0 Å². The Labute approximate surface area is 66.7 Å². The molecule has 0 radical (unpaired) electrons. The summed E-state index contributed by atoms with van der Waals surface area (Å²) in [5, 5.41) is 13.1. The average molecular weight is 154 g/mol. The van der Waals surface area contributed by atoms with Crippen molar-refractivity contribution in [1.29, 1.82) is 0 Å². The molecule has 62 valence electrons. The van der Waals surface area contributed by atoms with E-state index in [0.29, 0.717) is 6.54 Å². The van der Waals surface area contributed by atoms with Crippen LogP contribution in [0.2, 0.25) is 0 Å². The standard InChI is InChI=1S/C8H14N2O/c1-3-8-4-9-10(6-8)5-7(2)11/h4,6-7,11H,3,5H2,1-2H3/t7-/m0/s1. The van der Waals surface area contributed by atoms with Crippen LogP contribution in [0.5, 0.6) is 0 Å². The van der Waals surface area contributed by atoms with Crippen LogP contribution in [-0.2, 0) is 13.0 Å². The minimum Gasteiger partial charge on any atom is -0.391 e. The highest BCUT2D eigenvalue weighted by Gasteiger charge is 1.99. The van der Waals surface area contributed by atoms with Crippen molar-refractivity contribution in [2.75, 3.05) is 0 Å². The quantitative estimate of drug-likeness (QED) is 0.700. The molecule has 3 nitrogen and oxygen atoms in total. The number of aliphatic hydroxyl groups excluding tert-OH is 1. The van der Waals surface area contributed by atoms with Gasteiger partial charge in [0.25, 0.3) is 0 Å². The van der Waals surface area contributed by atoms with Gasteiger partial charge in [-0.05, 0) is 18.9 Å². The maximum absolute atomic E-state index is 9.03. The van der Waals surface area contributed by atoms with E-state index >= 15 is 0 Å². The number of aryl methyl sites for hydroxylation is 1. The van der Waals surface area contributed by atoms with Crippen LogP contribution in [0.4, 0.5) is 0 Å². The summed E-state index contributed by atoms with van der Waals surface area (Å²) in [6, 6.07) is 0. The number of rotatable bonds is 3. The molecule has 0 aliphatic rings. The molecule has 0 spiro atoms. The molecule has 1 N–H and O–H groups in total. The highest BCUT2D eigenvalue weighted by molar-refractivity contribution is 5.02. The van der Waals surface area contributed by atoms with E-state index in [2.05, 4.69) is 12.0 Å². The molecule has 1 atom stereocenters. The van der Waals surface area contributed by atoms with Gasteiger partial charge in [-0.2, -0.15) is 5.10 Å². The van der Waals surface area contributed by atoms with E-state index < -0.39 is 0 Å². The summed E-state index contributed by atoms with van der Waals surface area (Å²) < 4.78 is 1.77. The molecule has 0 aliphatic carbocycles. The van der Waals surface area contributed by atoms with Gasteiger partial charge in [-0.15, -0.1) is 0 Å². The lowest BCUT2D eigenvalue weighted by atomic mass is 10.3. The maximum Gasteiger partial charge on any atom is 0.0708 e. The van der Waals surface area contributed by atoms with Crippen LogP contribution < -0.4 is 0 Å². The van der Waals surface area contributed by atoms with Gasteiger partial charge in [-0.1, -0.05) is 6.92 Å². The van der Waals surface area contributed by atoms with Crippen LogP contribution in [0, 0.1) is 0 Å². The zero-order valence-corrected chi connectivity index (χ0v) is 6.99. The highest BCUT2D eigenvalue weighted by Crippen LogP contribution is 1.98. The first-order valence-electron chi connectivity index (χ1n) is 3.91. The zero-order valence-electron chi connectivity index (χ0n) is 6.99. The minimum absolute atomic E-state index is 0.320. The minimum atomic E-state index is -0.320. The van der Waals surface area contributed by atoms with E-state index in [9.17, 15) is 0 Å². The van der Waals surface area contributed by atoms with Gasteiger partial charge in [0.15, 0.2) is 0 Å². The fraction of sp³-hybridized carbons (Fsp3) is 0.625. The van der Waals surface area contributed by atoms with Crippen LogP contribution >= 0.6 is 0 Å². The Morgan fingerprint density at radius 2 is 2.45 bits per heavy atom. The smallest absolute Gasteiger partial charge is 0.0708 e. The molecule has 11 heavy (non-hydrogen) atoms. The molecular weight excluding hydrogens is 140 g/mol. The molecule has 0 saturated heterocycles. The number of aromatic nitrogens is 2. The van der Waals surface area contributed by atoms with Gasteiger partial charge in [-0.25, -0.2) is 0 Å². The number of aliphatic hydroxyl groups is 1. The van der Waals surface area contributed by atoms with Gasteiger partial charge in [0.2, 0.25) is 0 Å². The second-order valence-electron chi connectivity index (χ2n) is 2.77. The lowest BCUT2D eigenvalue weighted by molar-refractivity contribution is 0.168. The third-order valence-electron chi connectivity index (χ3n) is 1.55. The number of hydrogen-bond donors (Lipinski definition) is 1. The van der Waals surface area contributed by atoms with E-state index in [4.69, 9.17) is 5.11 Å². The van der Waals surface area contributed by atoms with Gasteiger partial charge in [0.1, 0.15) is 0 Å². The van der Waals surface area contributed by atoms with E-state index in [1.54, 1.807) is 11.6 Å². The lowest BCUT2D eigenvalue weighted by Gasteiger charge is -2.02. The average Bonchev–Trinajstić information content (AvgIpc) is 2.34. The first-order chi connectivity index (χ1) is 5.22. The fourth-order valence-electron chi connectivity index (χ4n) is 0.960. The van der Waals surface area contributed by atoms with Crippen molar-refractivity contribution in [1.82, 2.24) is 9.78 Å². The summed E-state index contributed by atoms with van der Waals surface area (Å²) in [5.41, 5.74) is 1.21. The van der Waals surface area contributed by atoms with Crippen molar-refractivity contribution in [2.45, 2.75) is 32.9 Å². The van der Waals surface area contributed by atoms with Gasteiger partial charge < -0.3 is 5.11 Å². The van der Waals surface area contributed by atoms with Crippen molar-refractivity contribution in [2.24, 2.45) is 0 Å². The lowest BCUT2D eigenvalue weighted by Crippen LogP contribution is -2.11. The Balaban J connectivity index is 2.58. The molecule has 0 aromatic carbocycles. The van der Waals surface area contributed by atoms with Crippen LogP contribution in [0.1, 0.15) is 19.4 Å². The molecule has 1 aromatic heterocycles. The summed E-state index contributed by atoms with van der Waals surface area (Å²) in [6.07, 6.45) is 4.48. The van der Waals surface area contributed by atoms with Crippen LogP contribution in [-0.4, -0.2) is 21.0 Å². The summed E-state index contributed by atoms with van der Waals surface area (Å²) in [7, 11) is 0. The predicted octanol–water partition coefficient (Wildman–Crippen LogP) is 0.826. The molecule has 0 aliphatic heterocycles. The van der Waals surface area contributed by atoms with E-state index in [1.807, 2.05) is 12.4 Å². The molecule has 1 aromatic rings. The van der Waals surface area contributed by atoms with Crippen molar-refractivity contribution in [3.8, 4) is 0 Å². The summed E-state index contributed by atoms with van der Waals surface area (Å²) in [6.45, 7) is 4.43. The van der Waals surface area contributed by atoms with Crippen LogP contribution in [0.3, 0.4) is 0 Å². The Hall–Kier alpha value is -0.830. The Bertz CT molecular complexity index is 218. The zero-order chi connectivity index (χ0) is 8.27. The van der Waals surface area contributed by atoms with Crippen molar-refractivity contribution >= 4 is 0 Å². The molecule has 1 rings (SSSR count). The van der Waals surface area contributed by atoms with Crippen LogP contribution in [0.15, 0.2) is 12.4 Å². The fourth-order valence-corrected chi connectivity index (χ4v) is 0.960. The maximum atomic E-state index is 9.03. The SMILES string of the molecule is CCc1cnn(C[C@H](C)O)c1. The van der Waals surface area contributed by atoms with Gasteiger partial charge in [0, 0.05) is 6.20 Å². The Kier molecular flexibility index (Phi) is 2.65. The molecule has 0 amide bonds. The summed E-state index contributed by atoms with van der Waals surface area (Å²) >= 11 is 0. The van der Waals surface area contributed by atoms with Gasteiger partial charge in [0.05, 0.1) is 18.8 Å². The third-order valence-corrected chi connectivity index (χ3v) is 1.55. The first kappa shape index (κ1) is 8.27. The second-order valence-corrected chi connectivity index (χ2v) is 2.77. The van der Waals surface area contributed by atoms with Crippen molar-refractivity contribution < 1.29 is 5.11 Å². The summed E-state index contributed by atoms with van der Waals surface area (Å²) in [4.78, 5) is 0. The monoisotopic (exact) mass is 154 g/mol. The molecule has 0 unspecified atom stereocenters.